The van der Waals surface area contributed by atoms with Crippen molar-refractivity contribution in [2.45, 2.75) is 12.8 Å². The normalized spacial score (nSPS) is 18.5. The maximum Gasteiger partial charge on any atom is 0.493 e. The Balaban J connectivity index is 1.37. The summed E-state index contributed by atoms with van der Waals surface area (Å²) in [6, 6.07) is 16.6. The molecule has 6 heteroatoms. The molecule has 2 heterocycles. The highest BCUT2D eigenvalue weighted by Crippen LogP contribution is 2.09. The smallest absolute Gasteiger partial charge is 0.407 e. The average molecular weight is 348 g/mol. The van der Waals surface area contributed by atoms with E-state index in [0.29, 0.717) is 0 Å². The van der Waals surface area contributed by atoms with Crippen molar-refractivity contribution in [3.05, 3.63) is 59.7 Å². The van der Waals surface area contributed by atoms with Crippen LogP contribution in [0.4, 0.5) is 0 Å². The van der Waals surface area contributed by atoms with E-state index >= 15 is 0 Å². The van der Waals surface area contributed by atoms with Gasteiger partial charge in [-0.25, -0.2) is 0 Å². The van der Waals surface area contributed by atoms with E-state index in [-0.39, 0.29) is 14.2 Å². The maximum atomic E-state index is 5.63. The molecule has 0 aromatic heterocycles. The Morgan fingerprint density at radius 3 is 1.23 bits per heavy atom. The molecule has 0 radical (unpaired) electrons. The molecule has 2 aliphatic rings. The molecule has 26 heavy (non-hydrogen) atoms. The molecule has 0 N–H and O–H groups in total. The lowest BCUT2D eigenvalue weighted by molar-refractivity contribution is 0.143. The van der Waals surface area contributed by atoms with E-state index in [2.05, 4.69) is 60.7 Å². The van der Waals surface area contributed by atoms with E-state index in [4.69, 9.17) is 18.6 Å². The van der Waals surface area contributed by atoms with Gasteiger partial charge in [0.05, 0.1) is 0 Å². The summed E-state index contributed by atoms with van der Waals surface area (Å²) >= 11 is 0. The lowest BCUT2D eigenvalue weighted by Gasteiger charge is -2.19. The van der Waals surface area contributed by atoms with E-state index in [9.17, 15) is 0 Å². The Morgan fingerprint density at radius 1 is 0.538 bits per heavy atom. The molecule has 2 fully saturated rings. The van der Waals surface area contributed by atoms with Gasteiger partial charge >= 0.3 is 14.2 Å². The summed E-state index contributed by atoms with van der Waals surface area (Å²) < 4.78 is 22.5. The molecule has 132 valence electrons. The molecule has 2 saturated heterocycles. The third kappa shape index (κ3) is 4.46. The second kappa shape index (κ2) is 8.69. The van der Waals surface area contributed by atoms with Crippen LogP contribution in [0.5, 0.6) is 0 Å². The van der Waals surface area contributed by atoms with Crippen LogP contribution < -0.4 is 10.9 Å². The molecule has 0 bridgehead atoms. The van der Waals surface area contributed by atoms with Gasteiger partial charge in [0.2, 0.25) is 0 Å². The molecule has 0 spiro atoms. The zero-order chi connectivity index (χ0) is 17.6. The van der Waals surface area contributed by atoms with Crippen molar-refractivity contribution in [3.63, 3.8) is 0 Å². The molecule has 0 saturated carbocycles. The van der Waals surface area contributed by atoms with E-state index in [1.54, 1.807) is 0 Å². The summed E-state index contributed by atoms with van der Waals surface area (Å²) in [5.41, 5.74) is 4.43. The Kier molecular flexibility index (Phi) is 5.87. The lowest BCUT2D eigenvalue weighted by atomic mass is 9.77. The minimum atomic E-state index is -0.224. The lowest BCUT2D eigenvalue weighted by Crippen LogP contribution is -2.40. The van der Waals surface area contributed by atoms with Gasteiger partial charge in [-0.2, -0.15) is 0 Å². The van der Waals surface area contributed by atoms with E-state index < -0.39 is 0 Å². The Bertz CT molecular complexity index is 655. The second-order valence-corrected chi connectivity index (χ2v) is 6.52. The first kappa shape index (κ1) is 17.6. The van der Waals surface area contributed by atoms with Crippen LogP contribution in [-0.4, -0.2) is 40.7 Å². The predicted molar refractivity (Wildman–Crippen MR) is 106 cm³/mol. The summed E-state index contributed by atoms with van der Waals surface area (Å²) in [4.78, 5) is 0. The SMILES string of the molecule is C(=C\c1ccc(B2OCCCO2)cc1)/c1ccc(B2OCCCO2)cc1. The highest BCUT2D eigenvalue weighted by Gasteiger charge is 2.24. The molecule has 2 aromatic carbocycles. The predicted octanol–water partition coefficient (Wildman–Crippen LogP) is 2.12. The molecule has 0 aliphatic carbocycles. The molecule has 2 aliphatic heterocycles. The van der Waals surface area contributed by atoms with Crippen LogP contribution in [0.15, 0.2) is 48.5 Å². The molecule has 0 atom stereocenters. The Hall–Kier alpha value is -1.85. The highest BCUT2D eigenvalue weighted by atomic mass is 16.6. The Labute approximate surface area is 155 Å². The summed E-state index contributed by atoms with van der Waals surface area (Å²) in [6.07, 6.45) is 6.15. The molecular formula is C20H22B2O4. The zero-order valence-corrected chi connectivity index (χ0v) is 14.8. The van der Waals surface area contributed by atoms with Crippen molar-refractivity contribution in [2.24, 2.45) is 0 Å². The second-order valence-electron chi connectivity index (χ2n) is 6.52. The van der Waals surface area contributed by atoms with Crippen molar-refractivity contribution in [1.29, 1.82) is 0 Å². The third-order valence-corrected chi connectivity index (χ3v) is 4.54. The van der Waals surface area contributed by atoms with Gasteiger partial charge in [0.25, 0.3) is 0 Å². The first-order valence-corrected chi connectivity index (χ1v) is 9.23. The van der Waals surface area contributed by atoms with Gasteiger partial charge < -0.3 is 18.6 Å². The first-order chi connectivity index (χ1) is 12.9. The third-order valence-electron chi connectivity index (χ3n) is 4.54. The zero-order valence-electron chi connectivity index (χ0n) is 14.8. The minimum absolute atomic E-state index is 0.224. The molecule has 2 aromatic rings. The average Bonchev–Trinajstić information content (AvgIpc) is 2.74. The van der Waals surface area contributed by atoms with Crippen molar-refractivity contribution in [2.75, 3.05) is 26.4 Å². The monoisotopic (exact) mass is 348 g/mol. The number of benzene rings is 2. The minimum Gasteiger partial charge on any atom is -0.407 e. The highest BCUT2D eigenvalue weighted by molar-refractivity contribution is 6.61. The standard InChI is InChI=1S/C20H22B2O4/c1-13-23-21(24-14-1)19-9-5-17(6-10-19)3-4-18-7-11-20(12-8-18)22-25-15-2-16-26-22/h3-12H,1-2,13-16H2/b4-3+. The van der Waals surface area contributed by atoms with E-state index in [0.717, 1.165) is 61.3 Å². The van der Waals surface area contributed by atoms with Gasteiger partial charge in [-0.15, -0.1) is 0 Å². The van der Waals surface area contributed by atoms with Gasteiger partial charge in [-0.3, -0.25) is 0 Å². The van der Waals surface area contributed by atoms with E-state index in [1.165, 1.54) is 0 Å². The van der Waals surface area contributed by atoms with Gasteiger partial charge in [-0.05, 0) is 34.9 Å². The van der Waals surface area contributed by atoms with Gasteiger partial charge in [-0.1, -0.05) is 60.7 Å². The summed E-state index contributed by atoms with van der Waals surface area (Å²) in [6.45, 7) is 3.05. The Morgan fingerprint density at radius 2 is 0.885 bits per heavy atom. The van der Waals surface area contributed by atoms with Gasteiger partial charge in [0, 0.05) is 26.4 Å². The largest absolute Gasteiger partial charge is 0.493 e. The molecule has 4 rings (SSSR count). The van der Waals surface area contributed by atoms with Crippen LogP contribution in [0.3, 0.4) is 0 Å². The fourth-order valence-corrected chi connectivity index (χ4v) is 3.08. The molecule has 0 amide bonds. The summed E-state index contributed by atoms with van der Waals surface area (Å²) in [5, 5.41) is 0. The van der Waals surface area contributed by atoms with Crippen molar-refractivity contribution < 1.29 is 18.6 Å². The van der Waals surface area contributed by atoms with Crippen LogP contribution in [0.25, 0.3) is 12.2 Å². The molecular weight excluding hydrogens is 326 g/mol. The molecule has 0 unspecified atom stereocenters. The number of hydrogen-bond acceptors (Lipinski definition) is 4. The fourth-order valence-electron chi connectivity index (χ4n) is 3.08. The van der Waals surface area contributed by atoms with Crippen molar-refractivity contribution in [3.8, 4) is 0 Å². The molecule has 4 nitrogen and oxygen atoms in total. The summed E-state index contributed by atoms with van der Waals surface area (Å²) in [7, 11) is -0.447. The van der Waals surface area contributed by atoms with Gasteiger partial charge in [0.1, 0.15) is 0 Å². The summed E-state index contributed by atoms with van der Waals surface area (Å²) in [5.74, 6) is 0. The van der Waals surface area contributed by atoms with Gasteiger partial charge in [0.15, 0.2) is 0 Å². The van der Waals surface area contributed by atoms with Crippen LogP contribution in [-0.2, 0) is 18.6 Å². The van der Waals surface area contributed by atoms with Crippen molar-refractivity contribution in [1.82, 2.24) is 0 Å². The van der Waals surface area contributed by atoms with Crippen LogP contribution in [0.1, 0.15) is 24.0 Å². The first-order valence-electron chi connectivity index (χ1n) is 9.23. The van der Waals surface area contributed by atoms with Crippen LogP contribution in [0, 0.1) is 0 Å². The quantitative estimate of drug-likeness (QED) is 0.627. The maximum absolute atomic E-state index is 5.63. The fraction of sp³-hybridized carbons (Fsp3) is 0.300. The topological polar surface area (TPSA) is 36.9 Å². The van der Waals surface area contributed by atoms with Crippen molar-refractivity contribution >= 4 is 37.3 Å². The number of rotatable bonds is 4. The van der Waals surface area contributed by atoms with E-state index in [1.807, 2.05) is 0 Å². The number of hydrogen-bond donors (Lipinski definition) is 0. The van der Waals surface area contributed by atoms with Crippen LogP contribution in [0.2, 0.25) is 0 Å². The van der Waals surface area contributed by atoms with Crippen LogP contribution >= 0.6 is 0 Å².